The van der Waals surface area contributed by atoms with E-state index in [1.165, 1.54) is 18.4 Å². The average molecular weight is 464 g/mol. The van der Waals surface area contributed by atoms with Crippen molar-refractivity contribution in [3.05, 3.63) is 47.5 Å². The number of hydrogen-bond donors (Lipinski definition) is 2. The van der Waals surface area contributed by atoms with Gasteiger partial charge >= 0.3 is 0 Å². The number of nitrogens with zero attached hydrogens (tertiary/aromatic N) is 3. The van der Waals surface area contributed by atoms with Gasteiger partial charge in [0.25, 0.3) is 0 Å². The van der Waals surface area contributed by atoms with Gasteiger partial charge in [-0.05, 0) is 61.9 Å². The number of nitrogens with one attached hydrogen (secondary N) is 2. The summed E-state index contributed by atoms with van der Waals surface area (Å²) in [6, 6.07) is 2.32. The number of piperidine rings is 1. The zero-order chi connectivity index (χ0) is 24.7. The fraction of sp³-hybridized carbons (Fsp3) is 0.607. The first kappa shape index (κ1) is 25.8. The maximum Gasteiger partial charge on any atom is 0.241 e. The van der Waals surface area contributed by atoms with Gasteiger partial charge in [-0.2, -0.15) is 5.26 Å². The lowest BCUT2D eigenvalue weighted by Gasteiger charge is -2.29. The number of aliphatic imine (C=N–C) groups is 1. The van der Waals surface area contributed by atoms with Gasteiger partial charge in [0.1, 0.15) is 5.84 Å². The van der Waals surface area contributed by atoms with Crippen LogP contribution in [0.4, 0.5) is 0 Å². The molecular formula is C28H41N5O. The molecule has 0 aromatic heterocycles. The van der Waals surface area contributed by atoms with Crippen molar-refractivity contribution in [3.63, 3.8) is 0 Å². The first-order valence-electron chi connectivity index (χ1n) is 12.9. The van der Waals surface area contributed by atoms with E-state index in [9.17, 15) is 4.79 Å². The second-order valence-corrected chi connectivity index (χ2v) is 9.98. The van der Waals surface area contributed by atoms with Crippen molar-refractivity contribution in [2.45, 2.75) is 66.2 Å². The summed E-state index contributed by atoms with van der Waals surface area (Å²) in [5.41, 5.74) is 4.18. The zero-order valence-corrected chi connectivity index (χ0v) is 21.4. The quantitative estimate of drug-likeness (QED) is 0.475. The molecule has 1 atom stereocenters. The summed E-state index contributed by atoms with van der Waals surface area (Å²) < 4.78 is 0. The van der Waals surface area contributed by atoms with Gasteiger partial charge in [0.2, 0.25) is 5.91 Å². The first-order valence-corrected chi connectivity index (χ1v) is 12.9. The van der Waals surface area contributed by atoms with Crippen LogP contribution in [0.5, 0.6) is 0 Å². The molecule has 2 aliphatic heterocycles. The number of hydrogen-bond acceptors (Lipinski definition) is 4. The first-order chi connectivity index (χ1) is 16.4. The third kappa shape index (κ3) is 6.40. The molecule has 0 aromatic carbocycles. The van der Waals surface area contributed by atoms with E-state index in [1.54, 1.807) is 0 Å². The summed E-state index contributed by atoms with van der Waals surface area (Å²) in [6.45, 7) is 14.8. The molecule has 34 heavy (non-hydrogen) atoms. The summed E-state index contributed by atoms with van der Waals surface area (Å²) in [5.74, 6) is 2.78. The van der Waals surface area contributed by atoms with Crippen LogP contribution in [0.25, 0.3) is 0 Å². The van der Waals surface area contributed by atoms with Crippen molar-refractivity contribution < 1.29 is 4.79 Å². The van der Waals surface area contributed by atoms with Gasteiger partial charge in [-0.25, -0.2) is 4.99 Å². The van der Waals surface area contributed by atoms with Gasteiger partial charge in [-0.15, -0.1) is 0 Å². The Hall–Kier alpha value is -2.81. The Labute approximate surface area is 205 Å². The summed E-state index contributed by atoms with van der Waals surface area (Å²) in [7, 11) is 0. The van der Waals surface area contributed by atoms with Gasteiger partial charge in [0.15, 0.2) is 0 Å². The van der Waals surface area contributed by atoms with E-state index in [4.69, 9.17) is 10.3 Å². The number of rotatable bonds is 10. The molecule has 0 bridgehead atoms. The van der Waals surface area contributed by atoms with Gasteiger partial charge < -0.3 is 15.5 Å². The van der Waals surface area contributed by atoms with Crippen LogP contribution in [-0.2, 0) is 4.79 Å². The lowest BCUT2D eigenvalue weighted by Crippen LogP contribution is -2.42. The highest BCUT2D eigenvalue weighted by atomic mass is 16.2. The standard InChI is InChI=1S/C28H41N5O/c1-6-8-26(30-18-27(34)33-13-11-21(15-29)12-14-33)24-16-31-28(20(24)5)32-17-25(22-9-10-22)23(7-2)19(3)4/h8,16-17,19,21-23,30H,5-7,9-14,18H2,1-4H3,(H,31,32)/b25-17-,26-8+. The van der Waals surface area contributed by atoms with Gasteiger partial charge in [0.05, 0.1) is 12.6 Å². The van der Waals surface area contributed by atoms with Crippen LogP contribution in [0.3, 0.4) is 0 Å². The average Bonchev–Trinajstić information content (AvgIpc) is 3.62. The Kier molecular flexibility index (Phi) is 9.15. The molecule has 6 heteroatoms. The lowest BCUT2D eigenvalue weighted by atomic mass is 9.84. The molecular weight excluding hydrogens is 422 g/mol. The van der Waals surface area contributed by atoms with Crippen LogP contribution in [0.15, 0.2) is 52.5 Å². The van der Waals surface area contributed by atoms with Crippen LogP contribution < -0.4 is 10.6 Å². The molecule has 184 valence electrons. The highest BCUT2D eigenvalue weighted by Gasteiger charge is 2.32. The molecule has 0 spiro atoms. The normalized spacial score (nSPS) is 22.0. The van der Waals surface area contributed by atoms with E-state index in [-0.39, 0.29) is 18.4 Å². The number of carbonyl (C=O) groups is 1. The number of allylic oxidation sites excluding steroid dienone is 3. The second kappa shape index (κ2) is 12.1. The van der Waals surface area contributed by atoms with E-state index < -0.39 is 0 Å². The minimum Gasteiger partial charge on any atom is -0.376 e. The van der Waals surface area contributed by atoms with Crippen molar-refractivity contribution in [1.29, 1.82) is 5.26 Å². The Morgan fingerprint density at radius 1 is 1.32 bits per heavy atom. The van der Waals surface area contributed by atoms with Crippen LogP contribution >= 0.6 is 0 Å². The molecule has 1 saturated carbocycles. The maximum absolute atomic E-state index is 12.7. The topological polar surface area (TPSA) is 80.5 Å². The smallest absolute Gasteiger partial charge is 0.241 e. The molecule has 1 saturated heterocycles. The highest BCUT2D eigenvalue weighted by molar-refractivity contribution is 6.06. The molecule has 3 rings (SSSR count). The van der Waals surface area contributed by atoms with E-state index in [2.05, 4.69) is 63.3 Å². The summed E-state index contributed by atoms with van der Waals surface area (Å²) in [6.07, 6.45) is 12.2. The summed E-state index contributed by atoms with van der Waals surface area (Å²) >= 11 is 0. The molecule has 2 N–H and O–H groups in total. The van der Waals surface area contributed by atoms with Crippen LogP contribution in [0, 0.1) is 35.0 Å². The molecule has 0 aromatic rings. The van der Waals surface area contributed by atoms with Gasteiger partial charge in [0, 0.05) is 48.3 Å². The zero-order valence-electron chi connectivity index (χ0n) is 21.4. The monoisotopic (exact) mass is 463 g/mol. The van der Waals surface area contributed by atoms with E-state index >= 15 is 0 Å². The Balaban J connectivity index is 1.64. The fourth-order valence-electron chi connectivity index (χ4n) is 4.97. The molecule has 2 heterocycles. The highest BCUT2D eigenvalue weighted by Crippen LogP contribution is 2.43. The molecule has 1 aliphatic carbocycles. The van der Waals surface area contributed by atoms with Crippen LogP contribution in [0.2, 0.25) is 0 Å². The third-order valence-electron chi connectivity index (χ3n) is 7.19. The third-order valence-corrected chi connectivity index (χ3v) is 7.19. The SMILES string of the molecule is C=C1C(/C(=C\CC)NCC(=O)N2CCC(C#N)CC2)=CNC1=N/C=C(/C1CC1)C(CC)C(C)C. The summed E-state index contributed by atoms with van der Waals surface area (Å²) in [5, 5.41) is 15.7. The Morgan fingerprint density at radius 3 is 2.59 bits per heavy atom. The summed E-state index contributed by atoms with van der Waals surface area (Å²) in [4.78, 5) is 19.4. The van der Waals surface area contributed by atoms with Gasteiger partial charge in [-0.1, -0.05) is 40.3 Å². The minimum atomic E-state index is 0.0701. The van der Waals surface area contributed by atoms with E-state index in [0.717, 1.165) is 48.4 Å². The number of likely N-dealkylation sites (tertiary alicyclic amines) is 1. The molecule has 1 unspecified atom stereocenters. The lowest BCUT2D eigenvalue weighted by molar-refractivity contribution is -0.131. The number of amides is 1. The molecule has 3 aliphatic rings. The van der Waals surface area contributed by atoms with Crippen LogP contribution in [-0.4, -0.2) is 36.3 Å². The van der Waals surface area contributed by atoms with Gasteiger partial charge in [-0.3, -0.25) is 4.79 Å². The molecule has 6 nitrogen and oxygen atoms in total. The Bertz CT molecular complexity index is 921. The van der Waals surface area contributed by atoms with Crippen LogP contribution in [0.1, 0.15) is 66.2 Å². The Morgan fingerprint density at radius 2 is 2.03 bits per heavy atom. The predicted molar refractivity (Wildman–Crippen MR) is 139 cm³/mol. The van der Waals surface area contributed by atoms with E-state index in [0.29, 0.717) is 30.8 Å². The second-order valence-electron chi connectivity index (χ2n) is 9.98. The van der Waals surface area contributed by atoms with Crippen molar-refractivity contribution in [2.75, 3.05) is 19.6 Å². The largest absolute Gasteiger partial charge is 0.376 e. The molecule has 0 radical (unpaired) electrons. The number of carbonyl (C=O) groups excluding carboxylic acids is 1. The fourth-order valence-corrected chi connectivity index (χ4v) is 4.97. The van der Waals surface area contributed by atoms with Crippen molar-refractivity contribution in [1.82, 2.24) is 15.5 Å². The van der Waals surface area contributed by atoms with Crippen molar-refractivity contribution in [3.8, 4) is 6.07 Å². The molecule has 1 amide bonds. The van der Waals surface area contributed by atoms with Crippen molar-refractivity contribution >= 4 is 11.7 Å². The predicted octanol–water partition coefficient (Wildman–Crippen LogP) is 5.05. The number of amidine groups is 1. The van der Waals surface area contributed by atoms with Crippen molar-refractivity contribution in [2.24, 2.45) is 28.7 Å². The van der Waals surface area contributed by atoms with E-state index in [1.807, 2.05) is 11.1 Å². The minimum absolute atomic E-state index is 0.0701. The maximum atomic E-state index is 12.7. The number of nitriles is 1. The molecule has 2 fully saturated rings.